The Bertz CT molecular complexity index is 689. The lowest BCUT2D eigenvalue weighted by atomic mass is 9.79. The standard InChI is InChI=1S/C18H21N3O3/c1-12-17(13-6-8-21(12)9-7-13)20-18(22)14-2-4-15(5-3-14)24-16-10-19-11-23-16/h2-5,10-13,17H,6-9H2,1H3,(H,20,22)/t12-,17-/m0/s1. The van der Waals surface area contributed by atoms with E-state index in [1.165, 1.54) is 25.4 Å². The van der Waals surface area contributed by atoms with Crippen molar-refractivity contribution < 1.29 is 13.9 Å². The molecule has 6 nitrogen and oxygen atoms in total. The lowest BCUT2D eigenvalue weighted by molar-refractivity contribution is 0.0217. The van der Waals surface area contributed by atoms with Gasteiger partial charge in [0.15, 0.2) is 6.39 Å². The van der Waals surface area contributed by atoms with Crippen LogP contribution in [0.1, 0.15) is 30.1 Å². The summed E-state index contributed by atoms with van der Waals surface area (Å²) >= 11 is 0. The number of nitrogens with one attached hydrogen (secondary N) is 1. The summed E-state index contributed by atoms with van der Waals surface area (Å²) in [5.74, 6) is 1.52. The van der Waals surface area contributed by atoms with Gasteiger partial charge in [-0.25, -0.2) is 4.98 Å². The second kappa shape index (κ2) is 6.28. The van der Waals surface area contributed by atoms with E-state index < -0.39 is 0 Å². The summed E-state index contributed by atoms with van der Waals surface area (Å²) in [6, 6.07) is 7.72. The van der Waals surface area contributed by atoms with Crippen molar-refractivity contribution in [3.8, 4) is 11.7 Å². The fourth-order valence-electron chi connectivity index (χ4n) is 3.82. The van der Waals surface area contributed by atoms with Crippen molar-refractivity contribution in [1.29, 1.82) is 0 Å². The average molecular weight is 327 g/mol. The number of hydrogen-bond donors (Lipinski definition) is 1. The lowest BCUT2D eigenvalue weighted by Crippen LogP contribution is -2.62. The number of nitrogens with zero attached hydrogens (tertiary/aromatic N) is 2. The van der Waals surface area contributed by atoms with Crippen molar-refractivity contribution in [2.24, 2.45) is 5.92 Å². The number of benzene rings is 1. The maximum Gasteiger partial charge on any atom is 0.310 e. The molecule has 0 aliphatic carbocycles. The molecule has 0 spiro atoms. The Morgan fingerprint density at radius 2 is 2.04 bits per heavy atom. The molecule has 0 radical (unpaired) electrons. The topological polar surface area (TPSA) is 67.6 Å². The lowest BCUT2D eigenvalue weighted by Gasteiger charge is -2.49. The molecule has 24 heavy (non-hydrogen) atoms. The van der Waals surface area contributed by atoms with Crippen LogP contribution in [-0.4, -0.2) is 41.0 Å². The van der Waals surface area contributed by atoms with Crippen molar-refractivity contribution in [3.05, 3.63) is 42.4 Å². The molecule has 0 saturated carbocycles. The first-order valence-electron chi connectivity index (χ1n) is 8.42. The van der Waals surface area contributed by atoms with E-state index in [1.807, 2.05) is 0 Å². The monoisotopic (exact) mass is 327 g/mol. The second-order valence-corrected chi connectivity index (χ2v) is 6.56. The van der Waals surface area contributed by atoms with E-state index in [-0.39, 0.29) is 11.9 Å². The third-order valence-electron chi connectivity index (χ3n) is 5.22. The molecule has 3 saturated heterocycles. The molecule has 2 aromatic rings. The average Bonchev–Trinajstić information content (AvgIpc) is 3.12. The van der Waals surface area contributed by atoms with Gasteiger partial charge in [0.25, 0.3) is 5.91 Å². The van der Waals surface area contributed by atoms with Gasteiger partial charge in [0.2, 0.25) is 0 Å². The van der Waals surface area contributed by atoms with Gasteiger partial charge in [-0.05, 0) is 63.0 Å². The minimum Gasteiger partial charge on any atom is -0.425 e. The molecule has 1 N–H and O–H groups in total. The Kier molecular flexibility index (Phi) is 3.98. The molecule has 1 aromatic carbocycles. The van der Waals surface area contributed by atoms with E-state index in [0.29, 0.717) is 29.2 Å². The first kappa shape index (κ1) is 15.2. The van der Waals surface area contributed by atoms with Gasteiger partial charge in [0.05, 0.1) is 0 Å². The zero-order valence-corrected chi connectivity index (χ0v) is 13.6. The fourth-order valence-corrected chi connectivity index (χ4v) is 3.82. The summed E-state index contributed by atoms with van der Waals surface area (Å²) < 4.78 is 10.5. The van der Waals surface area contributed by atoms with Crippen LogP contribution in [0.3, 0.4) is 0 Å². The summed E-state index contributed by atoms with van der Waals surface area (Å²) in [6.45, 7) is 4.53. The smallest absolute Gasteiger partial charge is 0.310 e. The van der Waals surface area contributed by atoms with Crippen LogP contribution < -0.4 is 10.1 Å². The summed E-state index contributed by atoms with van der Waals surface area (Å²) in [5.41, 5.74) is 0.642. The second-order valence-electron chi connectivity index (χ2n) is 6.56. The number of oxazole rings is 1. The fraction of sp³-hybridized carbons (Fsp3) is 0.444. The van der Waals surface area contributed by atoms with Gasteiger partial charge in [0.1, 0.15) is 11.9 Å². The Morgan fingerprint density at radius 1 is 1.29 bits per heavy atom. The van der Waals surface area contributed by atoms with Gasteiger partial charge in [-0.3, -0.25) is 9.69 Å². The molecule has 3 aliphatic heterocycles. The maximum atomic E-state index is 12.6. The van der Waals surface area contributed by atoms with Crippen LogP contribution in [0.15, 0.2) is 41.3 Å². The van der Waals surface area contributed by atoms with E-state index in [1.54, 1.807) is 24.3 Å². The van der Waals surface area contributed by atoms with Gasteiger partial charge in [-0.15, -0.1) is 0 Å². The molecule has 1 aromatic heterocycles. The number of fused-ring (bicyclic) bond motifs is 3. The number of ether oxygens (including phenoxy) is 1. The van der Waals surface area contributed by atoms with Gasteiger partial charge >= 0.3 is 5.95 Å². The molecule has 126 valence electrons. The van der Waals surface area contributed by atoms with Crippen LogP contribution in [0, 0.1) is 5.92 Å². The summed E-state index contributed by atoms with van der Waals surface area (Å²) in [5, 5.41) is 3.23. The third-order valence-corrected chi connectivity index (χ3v) is 5.22. The molecular weight excluding hydrogens is 306 g/mol. The summed E-state index contributed by atoms with van der Waals surface area (Å²) in [6.07, 6.45) is 5.17. The van der Waals surface area contributed by atoms with Crippen LogP contribution >= 0.6 is 0 Å². The number of piperidine rings is 3. The number of aromatic nitrogens is 1. The molecule has 1 amide bonds. The van der Waals surface area contributed by atoms with Crippen molar-refractivity contribution >= 4 is 5.91 Å². The van der Waals surface area contributed by atoms with Crippen molar-refractivity contribution in [1.82, 2.24) is 15.2 Å². The molecule has 2 atom stereocenters. The number of carbonyl (C=O) groups is 1. The highest BCUT2D eigenvalue weighted by Gasteiger charge is 2.40. The Labute approximate surface area is 140 Å². The van der Waals surface area contributed by atoms with Crippen molar-refractivity contribution in [3.63, 3.8) is 0 Å². The van der Waals surface area contributed by atoms with Crippen LogP contribution in [0.25, 0.3) is 0 Å². The maximum absolute atomic E-state index is 12.6. The first-order valence-corrected chi connectivity index (χ1v) is 8.42. The first-order chi connectivity index (χ1) is 11.7. The van der Waals surface area contributed by atoms with E-state index in [2.05, 4.69) is 22.1 Å². The van der Waals surface area contributed by atoms with Gasteiger partial charge in [-0.2, -0.15) is 0 Å². The van der Waals surface area contributed by atoms with Gasteiger partial charge < -0.3 is 14.5 Å². The highest BCUT2D eigenvalue weighted by atomic mass is 16.6. The predicted octanol–water partition coefficient (Wildman–Crippen LogP) is 2.68. The van der Waals surface area contributed by atoms with Crippen LogP contribution in [0.5, 0.6) is 11.7 Å². The Morgan fingerprint density at radius 3 is 2.67 bits per heavy atom. The van der Waals surface area contributed by atoms with Gasteiger partial charge in [-0.1, -0.05) is 0 Å². The third kappa shape index (κ3) is 2.89. The molecule has 6 heteroatoms. The Balaban J connectivity index is 1.41. The van der Waals surface area contributed by atoms with Crippen LogP contribution in [0.4, 0.5) is 0 Å². The van der Waals surface area contributed by atoms with E-state index in [0.717, 1.165) is 13.1 Å². The summed E-state index contributed by atoms with van der Waals surface area (Å²) in [4.78, 5) is 18.8. The predicted molar refractivity (Wildman–Crippen MR) is 88.0 cm³/mol. The Hall–Kier alpha value is -2.34. The van der Waals surface area contributed by atoms with Crippen molar-refractivity contribution in [2.45, 2.75) is 31.8 Å². The highest BCUT2D eigenvalue weighted by molar-refractivity contribution is 5.94. The van der Waals surface area contributed by atoms with Gasteiger partial charge in [0, 0.05) is 17.6 Å². The molecule has 5 rings (SSSR count). The normalized spacial score (nSPS) is 28.5. The number of hydrogen-bond acceptors (Lipinski definition) is 5. The number of amides is 1. The molecule has 0 unspecified atom stereocenters. The zero-order valence-electron chi connectivity index (χ0n) is 13.6. The SMILES string of the molecule is C[C@H]1[C@H](NC(=O)c2ccc(Oc3cnco3)cc2)C2CCN1CC2. The largest absolute Gasteiger partial charge is 0.425 e. The van der Waals surface area contributed by atoms with Crippen LogP contribution in [-0.2, 0) is 0 Å². The van der Waals surface area contributed by atoms with E-state index in [9.17, 15) is 4.79 Å². The molecule has 3 fully saturated rings. The number of rotatable bonds is 4. The quantitative estimate of drug-likeness (QED) is 0.935. The molecule has 4 heterocycles. The van der Waals surface area contributed by atoms with E-state index >= 15 is 0 Å². The van der Waals surface area contributed by atoms with E-state index in [4.69, 9.17) is 9.15 Å². The zero-order chi connectivity index (χ0) is 16.5. The highest BCUT2D eigenvalue weighted by Crippen LogP contribution is 2.32. The molecular formula is C18H21N3O3. The summed E-state index contributed by atoms with van der Waals surface area (Å²) in [7, 11) is 0. The van der Waals surface area contributed by atoms with Crippen molar-refractivity contribution in [2.75, 3.05) is 13.1 Å². The molecule has 2 bridgehead atoms. The minimum absolute atomic E-state index is 0.0215. The molecule has 3 aliphatic rings. The minimum atomic E-state index is -0.0215. The number of carbonyl (C=O) groups excluding carboxylic acids is 1. The van der Waals surface area contributed by atoms with Crippen LogP contribution in [0.2, 0.25) is 0 Å².